The van der Waals surface area contributed by atoms with Crippen molar-refractivity contribution >= 4 is 21.6 Å². The molecule has 27 heavy (non-hydrogen) atoms. The number of likely N-dealkylation sites (tertiary alicyclic amines) is 1. The molecule has 0 unspecified atom stereocenters. The number of rotatable bonds is 5. The molecule has 3 rings (SSSR count). The Morgan fingerprint density at radius 2 is 1.85 bits per heavy atom. The predicted octanol–water partition coefficient (Wildman–Crippen LogP) is 0.823. The number of hydrogen-bond donors (Lipinski definition) is 1. The maximum absolute atomic E-state index is 12.8. The van der Waals surface area contributed by atoms with Gasteiger partial charge in [-0.2, -0.15) is 0 Å². The third-order valence-corrected chi connectivity index (χ3v) is 6.18. The van der Waals surface area contributed by atoms with Crippen LogP contribution in [-0.2, 0) is 14.8 Å². The van der Waals surface area contributed by atoms with E-state index in [-0.39, 0.29) is 11.9 Å². The molecule has 0 aliphatic carbocycles. The number of carbonyl (C=O) groups excluding carboxylic acids is 1. The van der Waals surface area contributed by atoms with Crippen LogP contribution in [0.5, 0.6) is 11.5 Å². The van der Waals surface area contributed by atoms with Crippen LogP contribution in [0, 0.1) is 0 Å². The minimum absolute atomic E-state index is 0.0674. The van der Waals surface area contributed by atoms with Crippen LogP contribution in [0.4, 0.5) is 5.69 Å². The summed E-state index contributed by atoms with van der Waals surface area (Å²) in [6.07, 6.45) is 2.82. The fourth-order valence-electron chi connectivity index (χ4n) is 3.45. The molecule has 0 saturated carbocycles. The molecule has 1 fully saturated rings. The normalized spacial score (nSPS) is 19.4. The second kappa shape index (κ2) is 7.93. The quantitative estimate of drug-likeness (QED) is 0.792. The molecular weight excluding hydrogens is 370 g/mol. The molecular formula is C18H27N3O5S. The minimum atomic E-state index is -3.67. The Hall–Kier alpha value is -2.00. The summed E-state index contributed by atoms with van der Waals surface area (Å²) in [6, 6.07) is 4.10. The number of sulfonamides is 1. The first kappa shape index (κ1) is 19.8. The lowest BCUT2D eigenvalue weighted by Gasteiger charge is -2.33. The first-order chi connectivity index (χ1) is 12.8. The zero-order chi connectivity index (χ0) is 19.6. The summed E-state index contributed by atoms with van der Waals surface area (Å²) in [5.41, 5.74) is 0.382. The van der Waals surface area contributed by atoms with Gasteiger partial charge in [0.25, 0.3) is 0 Å². The maximum atomic E-state index is 12.8. The average molecular weight is 397 g/mol. The largest absolute Gasteiger partial charge is 0.486 e. The standard InChI is InChI=1S/C18H27N3O5S/c1-13(18(22)19-14-6-8-20(2)9-7-14)21(27(3,23)24)15-4-5-16-17(12-15)26-11-10-25-16/h4-5,12-14H,6-11H2,1-3H3,(H,19,22)/t13-/m1/s1. The Bertz CT molecular complexity index is 790. The van der Waals surface area contributed by atoms with Gasteiger partial charge in [0.15, 0.2) is 11.5 Å². The second-order valence-corrected chi connectivity index (χ2v) is 9.01. The van der Waals surface area contributed by atoms with Crippen molar-refractivity contribution in [2.24, 2.45) is 0 Å². The Labute approximate surface area is 160 Å². The third-order valence-electron chi connectivity index (χ3n) is 4.93. The van der Waals surface area contributed by atoms with Crippen LogP contribution in [0.3, 0.4) is 0 Å². The number of piperidine rings is 1. The topological polar surface area (TPSA) is 88.2 Å². The summed E-state index contributed by atoms with van der Waals surface area (Å²) < 4.78 is 37.1. The molecule has 0 spiro atoms. The molecule has 150 valence electrons. The molecule has 0 bridgehead atoms. The van der Waals surface area contributed by atoms with Gasteiger partial charge in [0.05, 0.1) is 11.9 Å². The van der Waals surface area contributed by atoms with Crippen molar-refractivity contribution in [3.63, 3.8) is 0 Å². The smallest absolute Gasteiger partial charge is 0.243 e. The molecule has 0 aromatic heterocycles. The van der Waals surface area contributed by atoms with Gasteiger partial charge < -0.3 is 19.7 Å². The summed E-state index contributed by atoms with van der Waals surface area (Å²) in [7, 11) is -1.62. The van der Waals surface area contributed by atoms with E-state index >= 15 is 0 Å². The van der Waals surface area contributed by atoms with E-state index in [4.69, 9.17) is 9.47 Å². The van der Waals surface area contributed by atoms with E-state index in [1.807, 2.05) is 7.05 Å². The first-order valence-electron chi connectivity index (χ1n) is 9.13. The molecule has 1 amide bonds. The van der Waals surface area contributed by atoms with Gasteiger partial charge in [-0.1, -0.05) is 0 Å². The van der Waals surface area contributed by atoms with Gasteiger partial charge in [-0.15, -0.1) is 0 Å². The van der Waals surface area contributed by atoms with E-state index < -0.39 is 16.1 Å². The van der Waals surface area contributed by atoms with E-state index in [1.54, 1.807) is 25.1 Å². The number of ether oxygens (including phenoxy) is 2. The third kappa shape index (κ3) is 4.65. The number of carbonyl (C=O) groups is 1. The fourth-order valence-corrected chi connectivity index (χ4v) is 4.62. The van der Waals surface area contributed by atoms with Crippen LogP contribution < -0.4 is 19.1 Å². The van der Waals surface area contributed by atoms with Crippen LogP contribution >= 0.6 is 0 Å². The van der Waals surface area contributed by atoms with Crippen LogP contribution in [0.25, 0.3) is 0 Å². The number of amides is 1. The molecule has 1 aromatic rings. The molecule has 8 nitrogen and oxygen atoms in total. The van der Waals surface area contributed by atoms with Crippen molar-refractivity contribution in [3.8, 4) is 11.5 Å². The van der Waals surface area contributed by atoms with Crippen molar-refractivity contribution < 1.29 is 22.7 Å². The SMILES string of the molecule is C[C@H](C(=O)NC1CCN(C)CC1)N(c1ccc2c(c1)OCCO2)S(C)(=O)=O. The summed E-state index contributed by atoms with van der Waals surface area (Å²) in [6.45, 7) is 4.29. The Kier molecular flexibility index (Phi) is 5.81. The van der Waals surface area contributed by atoms with Crippen molar-refractivity contribution in [1.29, 1.82) is 0 Å². The zero-order valence-corrected chi connectivity index (χ0v) is 16.8. The monoisotopic (exact) mass is 397 g/mol. The number of fused-ring (bicyclic) bond motifs is 1. The Morgan fingerprint density at radius 3 is 2.48 bits per heavy atom. The number of nitrogens with zero attached hydrogens (tertiary/aromatic N) is 2. The van der Waals surface area contributed by atoms with Crippen LogP contribution in [0.1, 0.15) is 19.8 Å². The van der Waals surface area contributed by atoms with Crippen molar-refractivity contribution in [2.45, 2.75) is 31.8 Å². The molecule has 1 aromatic carbocycles. The first-order valence-corrected chi connectivity index (χ1v) is 11.0. The molecule has 0 radical (unpaired) electrons. The highest BCUT2D eigenvalue weighted by molar-refractivity contribution is 7.92. The van der Waals surface area contributed by atoms with Gasteiger partial charge in [0, 0.05) is 12.1 Å². The summed E-state index contributed by atoms with van der Waals surface area (Å²) in [5, 5.41) is 3.00. The van der Waals surface area contributed by atoms with Crippen molar-refractivity contribution in [3.05, 3.63) is 18.2 Å². The zero-order valence-electron chi connectivity index (χ0n) is 16.0. The lowest BCUT2D eigenvalue weighted by Crippen LogP contribution is -2.52. The van der Waals surface area contributed by atoms with Crippen LogP contribution in [-0.4, -0.2) is 70.9 Å². The van der Waals surface area contributed by atoms with Crippen LogP contribution in [0.2, 0.25) is 0 Å². The number of benzene rings is 1. The number of nitrogens with one attached hydrogen (secondary N) is 1. The van der Waals surface area contributed by atoms with E-state index in [0.717, 1.165) is 36.5 Å². The van der Waals surface area contributed by atoms with Gasteiger partial charge in [-0.05, 0) is 52.0 Å². The Morgan fingerprint density at radius 1 is 1.22 bits per heavy atom. The minimum Gasteiger partial charge on any atom is -0.486 e. The van der Waals surface area contributed by atoms with E-state index in [0.29, 0.717) is 30.4 Å². The van der Waals surface area contributed by atoms with Gasteiger partial charge in [0.1, 0.15) is 19.3 Å². The van der Waals surface area contributed by atoms with E-state index in [9.17, 15) is 13.2 Å². The van der Waals surface area contributed by atoms with Gasteiger partial charge >= 0.3 is 0 Å². The molecule has 2 aliphatic rings. The van der Waals surface area contributed by atoms with E-state index in [2.05, 4.69) is 10.2 Å². The van der Waals surface area contributed by atoms with Gasteiger partial charge in [0.2, 0.25) is 15.9 Å². The summed E-state index contributed by atoms with van der Waals surface area (Å²) >= 11 is 0. The fraction of sp³-hybridized carbons (Fsp3) is 0.611. The highest BCUT2D eigenvalue weighted by Gasteiger charge is 2.31. The predicted molar refractivity (Wildman–Crippen MR) is 103 cm³/mol. The summed E-state index contributed by atoms with van der Waals surface area (Å²) in [5.74, 6) is 0.752. The second-order valence-electron chi connectivity index (χ2n) is 7.15. The van der Waals surface area contributed by atoms with Gasteiger partial charge in [-0.25, -0.2) is 8.42 Å². The lowest BCUT2D eigenvalue weighted by molar-refractivity contribution is -0.122. The Balaban J connectivity index is 1.79. The molecule has 1 atom stereocenters. The number of anilines is 1. The number of hydrogen-bond acceptors (Lipinski definition) is 6. The van der Waals surface area contributed by atoms with Crippen molar-refractivity contribution in [1.82, 2.24) is 10.2 Å². The molecule has 9 heteroatoms. The van der Waals surface area contributed by atoms with Gasteiger partial charge in [-0.3, -0.25) is 9.10 Å². The average Bonchev–Trinajstić information content (AvgIpc) is 2.62. The molecule has 2 aliphatic heterocycles. The highest BCUT2D eigenvalue weighted by Crippen LogP contribution is 2.35. The summed E-state index contributed by atoms with van der Waals surface area (Å²) in [4.78, 5) is 15.0. The molecule has 1 saturated heterocycles. The lowest BCUT2D eigenvalue weighted by atomic mass is 10.1. The highest BCUT2D eigenvalue weighted by atomic mass is 32.2. The maximum Gasteiger partial charge on any atom is 0.243 e. The van der Waals surface area contributed by atoms with E-state index in [1.165, 1.54) is 0 Å². The molecule has 2 heterocycles. The van der Waals surface area contributed by atoms with Crippen LogP contribution in [0.15, 0.2) is 18.2 Å². The van der Waals surface area contributed by atoms with Crippen molar-refractivity contribution in [2.75, 3.05) is 43.9 Å². The molecule has 1 N–H and O–H groups in total.